The highest BCUT2D eigenvalue weighted by molar-refractivity contribution is 7.99. The smallest absolute Gasteiger partial charge is 0.308 e. The number of nitrogens with zero attached hydrogens (tertiary/aromatic N) is 2. The van der Waals surface area contributed by atoms with E-state index in [1.165, 1.54) is 9.79 Å². The van der Waals surface area contributed by atoms with Crippen LogP contribution in [-0.4, -0.2) is 43.0 Å². The third-order valence-corrected chi connectivity index (χ3v) is 6.69. The first kappa shape index (κ1) is 19.8. The molecule has 0 aromatic heterocycles. The number of ether oxygens (including phenoxy) is 1. The number of likely N-dealkylation sites (tertiary alicyclic amines) is 1. The second kappa shape index (κ2) is 8.91. The number of para-hydroxylation sites is 2. The van der Waals surface area contributed by atoms with Gasteiger partial charge in [0.05, 0.1) is 17.8 Å². The molecule has 1 fully saturated rings. The molecule has 0 N–H and O–H groups in total. The van der Waals surface area contributed by atoms with Gasteiger partial charge in [0.1, 0.15) is 0 Å². The monoisotopic (exact) mass is 410 g/mol. The summed E-state index contributed by atoms with van der Waals surface area (Å²) in [7, 11) is 0. The fraction of sp³-hybridized carbons (Fsp3) is 0.391. The van der Waals surface area contributed by atoms with Crippen molar-refractivity contribution >= 4 is 35.0 Å². The summed E-state index contributed by atoms with van der Waals surface area (Å²) in [6.45, 7) is 4.09. The van der Waals surface area contributed by atoms with Crippen LogP contribution in [0, 0.1) is 5.92 Å². The molecule has 4 rings (SSSR count). The minimum atomic E-state index is -0.336. The summed E-state index contributed by atoms with van der Waals surface area (Å²) in [5.74, 6) is 0.238. The van der Waals surface area contributed by atoms with Crippen molar-refractivity contribution in [2.24, 2.45) is 5.92 Å². The van der Waals surface area contributed by atoms with E-state index in [0.717, 1.165) is 37.3 Å². The average molecular weight is 411 g/mol. The minimum Gasteiger partial charge on any atom is -0.456 e. The van der Waals surface area contributed by atoms with Crippen molar-refractivity contribution in [1.29, 1.82) is 0 Å². The SMILES string of the molecule is CC1CCN(C(=O)COC(=O)CCN2c3ccccc3Sc3ccccc32)CC1. The molecule has 2 aliphatic rings. The highest BCUT2D eigenvalue weighted by atomic mass is 32.2. The summed E-state index contributed by atoms with van der Waals surface area (Å²) in [6.07, 6.45) is 2.27. The maximum atomic E-state index is 12.3. The summed E-state index contributed by atoms with van der Waals surface area (Å²) >= 11 is 1.74. The first-order valence-electron chi connectivity index (χ1n) is 10.2. The first-order valence-corrected chi connectivity index (χ1v) is 11.0. The van der Waals surface area contributed by atoms with E-state index >= 15 is 0 Å². The lowest BCUT2D eigenvalue weighted by atomic mass is 9.99. The summed E-state index contributed by atoms with van der Waals surface area (Å²) < 4.78 is 5.29. The van der Waals surface area contributed by atoms with E-state index in [0.29, 0.717) is 12.5 Å². The predicted molar refractivity (Wildman–Crippen MR) is 115 cm³/mol. The van der Waals surface area contributed by atoms with Crippen molar-refractivity contribution in [3.63, 3.8) is 0 Å². The van der Waals surface area contributed by atoms with E-state index in [1.807, 2.05) is 29.2 Å². The number of hydrogen-bond acceptors (Lipinski definition) is 5. The number of amides is 1. The topological polar surface area (TPSA) is 49.9 Å². The fourth-order valence-corrected chi connectivity index (χ4v) is 4.88. The van der Waals surface area contributed by atoms with Crippen LogP contribution >= 0.6 is 11.8 Å². The van der Waals surface area contributed by atoms with Crippen LogP contribution in [-0.2, 0) is 14.3 Å². The van der Waals surface area contributed by atoms with Crippen molar-refractivity contribution in [2.75, 3.05) is 31.1 Å². The minimum absolute atomic E-state index is 0.0877. The standard InChI is InChI=1S/C23H26N2O3S/c1-17-10-13-24(14-11-17)22(26)16-28-23(27)12-15-25-18-6-2-4-8-20(18)29-21-9-5-3-7-19(21)25/h2-9,17H,10-16H2,1H3. The number of carbonyl (C=O) groups excluding carboxylic acids is 2. The van der Waals surface area contributed by atoms with Gasteiger partial charge >= 0.3 is 5.97 Å². The summed E-state index contributed by atoms with van der Waals surface area (Å²) in [4.78, 5) is 30.9. The zero-order valence-corrected chi connectivity index (χ0v) is 17.5. The summed E-state index contributed by atoms with van der Waals surface area (Å²) in [5, 5.41) is 0. The molecule has 5 nitrogen and oxygen atoms in total. The number of benzene rings is 2. The zero-order valence-electron chi connectivity index (χ0n) is 16.7. The number of hydrogen-bond donors (Lipinski definition) is 0. The van der Waals surface area contributed by atoms with Crippen molar-refractivity contribution in [2.45, 2.75) is 36.0 Å². The predicted octanol–water partition coefficient (Wildman–Crippen LogP) is 4.48. The van der Waals surface area contributed by atoms with Gasteiger partial charge in [-0.1, -0.05) is 43.0 Å². The Hall–Kier alpha value is -2.47. The van der Waals surface area contributed by atoms with Crippen molar-refractivity contribution in [3.8, 4) is 0 Å². The van der Waals surface area contributed by atoms with E-state index in [1.54, 1.807) is 11.8 Å². The molecule has 29 heavy (non-hydrogen) atoms. The highest BCUT2D eigenvalue weighted by Crippen LogP contribution is 2.47. The first-order chi connectivity index (χ1) is 14.1. The van der Waals surface area contributed by atoms with Crippen LogP contribution in [0.15, 0.2) is 58.3 Å². The summed E-state index contributed by atoms with van der Waals surface area (Å²) in [5.41, 5.74) is 2.20. The van der Waals surface area contributed by atoms with Gasteiger partial charge in [-0.15, -0.1) is 0 Å². The van der Waals surface area contributed by atoms with E-state index < -0.39 is 0 Å². The maximum Gasteiger partial charge on any atom is 0.308 e. The number of carbonyl (C=O) groups is 2. The van der Waals surface area contributed by atoms with Crippen LogP contribution in [0.5, 0.6) is 0 Å². The Morgan fingerprint density at radius 3 is 2.21 bits per heavy atom. The fourth-order valence-electron chi connectivity index (χ4n) is 3.79. The number of rotatable bonds is 5. The highest BCUT2D eigenvalue weighted by Gasteiger charge is 2.24. The van der Waals surface area contributed by atoms with Crippen molar-refractivity contribution in [1.82, 2.24) is 4.90 Å². The Balaban J connectivity index is 1.34. The number of anilines is 2. The Kier molecular flexibility index (Phi) is 6.09. The van der Waals surface area contributed by atoms with Crippen molar-refractivity contribution in [3.05, 3.63) is 48.5 Å². The molecular formula is C23H26N2O3S. The molecular weight excluding hydrogens is 384 g/mol. The van der Waals surface area contributed by atoms with Crippen LogP contribution in [0.2, 0.25) is 0 Å². The number of esters is 1. The second-order valence-electron chi connectivity index (χ2n) is 7.66. The lowest BCUT2D eigenvalue weighted by Crippen LogP contribution is -2.40. The van der Waals surface area contributed by atoms with E-state index in [9.17, 15) is 9.59 Å². The maximum absolute atomic E-state index is 12.3. The van der Waals surface area contributed by atoms with Crippen molar-refractivity contribution < 1.29 is 14.3 Å². The Bertz CT molecular complexity index is 848. The molecule has 152 valence electrons. The van der Waals surface area contributed by atoms with E-state index in [4.69, 9.17) is 4.74 Å². The molecule has 2 aromatic rings. The van der Waals surface area contributed by atoms with Gasteiger partial charge in [-0.25, -0.2) is 0 Å². The average Bonchev–Trinajstić information content (AvgIpc) is 2.75. The van der Waals surface area contributed by atoms with Gasteiger partial charge < -0.3 is 14.5 Å². The molecule has 0 saturated carbocycles. The normalized spacial score (nSPS) is 16.2. The molecule has 1 saturated heterocycles. The van der Waals surface area contributed by atoms with Gasteiger partial charge in [-0.2, -0.15) is 0 Å². The largest absolute Gasteiger partial charge is 0.456 e. The number of fused-ring (bicyclic) bond motifs is 2. The molecule has 6 heteroatoms. The molecule has 0 unspecified atom stereocenters. The zero-order chi connectivity index (χ0) is 20.2. The second-order valence-corrected chi connectivity index (χ2v) is 8.75. The molecule has 0 radical (unpaired) electrons. The Labute approximate surface area is 176 Å². The van der Waals surface area contributed by atoms with Crippen LogP contribution in [0.25, 0.3) is 0 Å². The molecule has 0 atom stereocenters. The Morgan fingerprint density at radius 2 is 1.59 bits per heavy atom. The number of piperidine rings is 1. The molecule has 1 amide bonds. The molecule has 0 spiro atoms. The lowest BCUT2D eigenvalue weighted by Gasteiger charge is -2.32. The lowest BCUT2D eigenvalue weighted by molar-refractivity contribution is -0.152. The molecule has 2 heterocycles. The van der Waals surface area contributed by atoms with Gasteiger partial charge in [0.2, 0.25) is 0 Å². The molecule has 2 aliphatic heterocycles. The van der Waals surface area contributed by atoms with Crippen LogP contribution in [0.1, 0.15) is 26.2 Å². The summed E-state index contributed by atoms with van der Waals surface area (Å²) in [6, 6.07) is 16.4. The van der Waals surface area contributed by atoms with Gasteiger partial charge in [-0.05, 0) is 43.0 Å². The third kappa shape index (κ3) is 4.58. The van der Waals surface area contributed by atoms with Crippen LogP contribution in [0.4, 0.5) is 11.4 Å². The van der Waals surface area contributed by atoms with E-state index in [-0.39, 0.29) is 24.9 Å². The van der Waals surface area contributed by atoms with Crippen LogP contribution in [0.3, 0.4) is 0 Å². The van der Waals surface area contributed by atoms with Gasteiger partial charge in [-0.3, -0.25) is 9.59 Å². The van der Waals surface area contributed by atoms with Gasteiger partial charge in [0, 0.05) is 29.4 Å². The molecule has 0 aliphatic carbocycles. The third-order valence-electron chi connectivity index (χ3n) is 5.56. The molecule has 2 aromatic carbocycles. The Morgan fingerprint density at radius 1 is 1.00 bits per heavy atom. The quantitative estimate of drug-likeness (QED) is 0.680. The van der Waals surface area contributed by atoms with E-state index in [2.05, 4.69) is 36.1 Å². The van der Waals surface area contributed by atoms with Gasteiger partial charge in [0.15, 0.2) is 6.61 Å². The van der Waals surface area contributed by atoms with Crippen LogP contribution < -0.4 is 4.90 Å². The molecule has 0 bridgehead atoms. The van der Waals surface area contributed by atoms with Gasteiger partial charge in [0.25, 0.3) is 5.91 Å².